The third-order valence-corrected chi connectivity index (χ3v) is 7.25. The second-order valence-electron chi connectivity index (χ2n) is 7.40. The summed E-state index contributed by atoms with van der Waals surface area (Å²) in [5.41, 5.74) is 0.813. The SMILES string of the molecule is CC[C@@H](C(=O)NC)N(Cc1ccc(Cl)c(Cl)c1)C(=O)CN(c1ccc(OC)c(Cl)c1)S(C)(=O)=O. The monoisotopic (exact) mass is 549 g/mol. The third-order valence-electron chi connectivity index (χ3n) is 5.07. The second-order valence-corrected chi connectivity index (χ2v) is 10.5. The maximum absolute atomic E-state index is 13.5. The van der Waals surface area contributed by atoms with Crippen LogP contribution in [0.15, 0.2) is 36.4 Å². The minimum atomic E-state index is -3.88. The van der Waals surface area contributed by atoms with E-state index >= 15 is 0 Å². The number of rotatable bonds is 10. The first kappa shape index (κ1) is 28.0. The summed E-state index contributed by atoms with van der Waals surface area (Å²) in [7, 11) is -0.978. The molecule has 8 nitrogen and oxygen atoms in total. The summed E-state index contributed by atoms with van der Waals surface area (Å²) in [6.45, 7) is 1.23. The highest BCUT2D eigenvalue weighted by Gasteiger charge is 2.31. The first-order valence-electron chi connectivity index (χ1n) is 10.2. The van der Waals surface area contributed by atoms with Crippen LogP contribution in [0.2, 0.25) is 15.1 Å². The molecule has 2 amide bonds. The fourth-order valence-electron chi connectivity index (χ4n) is 3.34. The summed E-state index contributed by atoms with van der Waals surface area (Å²) in [5.74, 6) is -0.606. The van der Waals surface area contributed by atoms with Crippen molar-refractivity contribution in [2.24, 2.45) is 0 Å². The van der Waals surface area contributed by atoms with E-state index in [2.05, 4.69) is 5.32 Å². The van der Waals surface area contributed by atoms with Crippen LogP contribution >= 0.6 is 34.8 Å². The van der Waals surface area contributed by atoms with Crippen molar-refractivity contribution < 1.29 is 22.7 Å². The smallest absolute Gasteiger partial charge is 0.244 e. The molecular formula is C22H26Cl3N3O5S. The van der Waals surface area contributed by atoms with Crippen LogP contribution in [-0.2, 0) is 26.2 Å². The van der Waals surface area contributed by atoms with E-state index in [-0.39, 0.29) is 23.2 Å². The molecule has 12 heteroatoms. The van der Waals surface area contributed by atoms with Gasteiger partial charge in [0.2, 0.25) is 21.8 Å². The van der Waals surface area contributed by atoms with E-state index in [1.54, 1.807) is 25.1 Å². The Morgan fingerprint density at radius 3 is 2.24 bits per heavy atom. The summed E-state index contributed by atoms with van der Waals surface area (Å²) in [4.78, 5) is 27.4. The number of halogens is 3. The molecule has 0 aromatic heterocycles. The summed E-state index contributed by atoms with van der Waals surface area (Å²) in [6, 6.07) is 8.42. The summed E-state index contributed by atoms with van der Waals surface area (Å²) in [6.07, 6.45) is 1.29. The highest BCUT2D eigenvalue weighted by molar-refractivity contribution is 7.92. The van der Waals surface area contributed by atoms with Gasteiger partial charge in [0.15, 0.2) is 0 Å². The highest BCUT2D eigenvalue weighted by Crippen LogP contribution is 2.30. The molecule has 0 heterocycles. The Hall–Kier alpha value is -2.20. The lowest BCUT2D eigenvalue weighted by molar-refractivity contribution is -0.140. The van der Waals surface area contributed by atoms with E-state index in [1.807, 2.05) is 0 Å². The maximum atomic E-state index is 13.5. The molecular weight excluding hydrogens is 525 g/mol. The molecule has 0 aliphatic heterocycles. The summed E-state index contributed by atoms with van der Waals surface area (Å²) in [5, 5.41) is 3.38. The minimum absolute atomic E-state index is 0.0165. The standard InChI is InChI=1S/C22H26Cl3N3O5S/c1-5-19(22(30)26-2)27(12-14-6-8-16(23)17(24)10-14)21(29)13-28(34(4,31)32)15-7-9-20(33-3)18(25)11-15/h6-11,19H,5,12-13H2,1-4H3,(H,26,30)/t19-/m0/s1. The average molecular weight is 551 g/mol. The van der Waals surface area contributed by atoms with E-state index in [0.717, 1.165) is 10.6 Å². The zero-order valence-electron chi connectivity index (χ0n) is 19.1. The average Bonchev–Trinajstić information content (AvgIpc) is 2.78. The Morgan fingerprint density at radius 2 is 1.74 bits per heavy atom. The van der Waals surface area contributed by atoms with Crippen LogP contribution in [0.5, 0.6) is 5.75 Å². The number of anilines is 1. The van der Waals surface area contributed by atoms with Crippen LogP contribution in [0, 0.1) is 0 Å². The van der Waals surface area contributed by atoms with Gasteiger partial charge in [0.25, 0.3) is 0 Å². The molecule has 1 atom stereocenters. The van der Waals surface area contributed by atoms with Gasteiger partial charge in [0, 0.05) is 13.6 Å². The number of sulfonamides is 1. The lowest BCUT2D eigenvalue weighted by Crippen LogP contribution is -2.51. The summed E-state index contributed by atoms with van der Waals surface area (Å²) >= 11 is 18.3. The van der Waals surface area contributed by atoms with Gasteiger partial charge in [0.1, 0.15) is 18.3 Å². The number of carbonyl (C=O) groups is 2. The van der Waals surface area contributed by atoms with Crippen molar-refractivity contribution in [1.82, 2.24) is 10.2 Å². The number of nitrogens with zero attached hydrogens (tertiary/aromatic N) is 2. The molecule has 2 aromatic carbocycles. The lowest BCUT2D eigenvalue weighted by Gasteiger charge is -2.32. The van der Waals surface area contributed by atoms with Crippen LogP contribution in [0.25, 0.3) is 0 Å². The number of carbonyl (C=O) groups excluding carboxylic acids is 2. The predicted molar refractivity (Wildman–Crippen MR) is 135 cm³/mol. The normalized spacial score (nSPS) is 12.1. The van der Waals surface area contributed by atoms with Gasteiger partial charge in [-0.25, -0.2) is 8.42 Å². The Bertz CT molecular complexity index is 1160. The quantitative estimate of drug-likeness (QED) is 0.483. The highest BCUT2D eigenvalue weighted by atomic mass is 35.5. The molecule has 34 heavy (non-hydrogen) atoms. The Morgan fingerprint density at radius 1 is 1.06 bits per heavy atom. The second kappa shape index (κ2) is 12.0. The van der Waals surface area contributed by atoms with Crippen molar-refractivity contribution in [3.05, 3.63) is 57.0 Å². The van der Waals surface area contributed by atoms with E-state index in [4.69, 9.17) is 39.5 Å². The van der Waals surface area contributed by atoms with Gasteiger partial charge < -0.3 is 15.0 Å². The molecule has 0 saturated carbocycles. The van der Waals surface area contributed by atoms with Crippen molar-refractivity contribution in [3.63, 3.8) is 0 Å². The van der Waals surface area contributed by atoms with Crippen LogP contribution in [0.4, 0.5) is 5.69 Å². The van der Waals surface area contributed by atoms with Gasteiger partial charge in [-0.1, -0.05) is 47.8 Å². The molecule has 0 fully saturated rings. The van der Waals surface area contributed by atoms with E-state index in [1.165, 1.54) is 37.3 Å². The molecule has 0 saturated heterocycles. The van der Waals surface area contributed by atoms with E-state index < -0.39 is 28.5 Å². The molecule has 2 rings (SSSR count). The van der Waals surface area contributed by atoms with E-state index in [9.17, 15) is 18.0 Å². The Kier molecular flexibility index (Phi) is 9.87. The Balaban J connectivity index is 2.47. The van der Waals surface area contributed by atoms with Crippen LogP contribution in [-0.4, -0.2) is 58.1 Å². The van der Waals surface area contributed by atoms with Crippen molar-refractivity contribution in [3.8, 4) is 5.75 Å². The Labute approximate surface area is 214 Å². The molecule has 0 aliphatic rings. The van der Waals surface area contributed by atoms with Crippen molar-refractivity contribution >= 4 is 62.3 Å². The largest absolute Gasteiger partial charge is 0.495 e. The maximum Gasteiger partial charge on any atom is 0.244 e. The number of hydrogen-bond acceptors (Lipinski definition) is 5. The first-order valence-corrected chi connectivity index (χ1v) is 13.2. The lowest BCUT2D eigenvalue weighted by atomic mass is 10.1. The van der Waals surface area contributed by atoms with Crippen molar-refractivity contribution in [2.45, 2.75) is 25.9 Å². The minimum Gasteiger partial charge on any atom is -0.495 e. The van der Waals surface area contributed by atoms with Gasteiger partial charge in [0.05, 0.1) is 34.1 Å². The van der Waals surface area contributed by atoms with Gasteiger partial charge in [-0.2, -0.15) is 0 Å². The zero-order valence-corrected chi connectivity index (χ0v) is 22.2. The fourth-order valence-corrected chi connectivity index (χ4v) is 4.76. The van der Waals surface area contributed by atoms with E-state index in [0.29, 0.717) is 27.8 Å². The number of hydrogen-bond donors (Lipinski definition) is 1. The molecule has 1 N–H and O–H groups in total. The van der Waals surface area contributed by atoms with Gasteiger partial charge in [-0.3, -0.25) is 13.9 Å². The number of likely N-dealkylation sites (N-methyl/N-ethyl adjacent to an activating group) is 1. The molecule has 0 spiro atoms. The van der Waals surface area contributed by atoms with Crippen LogP contribution < -0.4 is 14.4 Å². The molecule has 0 bridgehead atoms. The molecule has 0 aliphatic carbocycles. The number of benzene rings is 2. The topological polar surface area (TPSA) is 96.0 Å². The third kappa shape index (κ3) is 6.91. The molecule has 186 valence electrons. The van der Waals surface area contributed by atoms with Gasteiger partial charge in [-0.15, -0.1) is 0 Å². The van der Waals surface area contributed by atoms with Gasteiger partial charge >= 0.3 is 0 Å². The van der Waals surface area contributed by atoms with Crippen molar-refractivity contribution in [2.75, 3.05) is 31.3 Å². The number of amides is 2. The number of nitrogens with one attached hydrogen (secondary N) is 1. The number of ether oxygens (including phenoxy) is 1. The van der Waals surface area contributed by atoms with Crippen LogP contribution in [0.1, 0.15) is 18.9 Å². The molecule has 0 radical (unpaired) electrons. The van der Waals surface area contributed by atoms with Crippen LogP contribution in [0.3, 0.4) is 0 Å². The van der Waals surface area contributed by atoms with Crippen molar-refractivity contribution in [1.29, 1.82) is 0 Å². The predicted octanol–water partition coefficient (Wildman–Crippen LogP) is 3.97. The van der Waals surface area contributed by atoms with Gasteiger partial charge in [-0.05, 0) is 42.3 Å². The number of methoxy groups -OCH3 is 1. The molecule has 0 unspecified atom stereocenters. The molecule has 2 aromatic rings. The fraction of sp³-hybridized carbons (Fsp3) is 0.364. The summed E-state index contributed by atoms with van der Waals surface area (Å²) < 4.78 is 31.2. The zero-order chi connectivity index (χ0) is 25.6. The first-order chi connectivity index (χ1) is 15.9.